The van der Waals surface area contributed by atoms with E-state index in [0.717, 1.165) is 5.56 Å². The van der Waals surface area contributed by atoms with Gasteiger partial charge in [-0.05, 0) is 12.0 Å². The number of hydrogen-bond donors (Lipinski definition) is 1. The van der Waals surface area contributed by atoms with Crippen molar-refractivity contribution in [2.45, 2.75) is 25.1 Å². The summed E-state index contributed by atoms with van der Waals surface area (Å²) < 4.78 is 41.2. The first kappa shape index (κ1) is 14.0. The second kappa shape index (κ2) is 6.02. The van der Waals surface area contributed by atoms with Crippen LogP contribution in [0.5, 0.6) is 0 Å². The highest BCUT2D eigenvalue weighted by molar-refractivity contribution is 5.04. The van der Waals surface area contributed by atoms with E-state index >= 15 is 0 Å². The number of alkyl halides is 3. The summed E-state index contributed by atoms with van der Waals surface area (Å²) in [7, 11) is 1.75. The highest BCUT2D eigenvalue weighted by atomic mass is 19.4. The molecule has 0 aliphatic rings. The van der Waals surface area contributed by atoms with Gasteiger partial charge in [0.05, 0.1) is 12.3 Å². The van der Waals surface area contributed by atoms with Gasteiger partial charge in [0.2, 0.25) is 0 Å². The molecule has 1 atom stereocenters. The van der Waals surface area contributed by atoms with Gasteiger partial charge in [-0.3, -0.25) is 4.68 Å². The van der Waals surface area contributed by atoms with Crippen LogP contribution < -0.4 is 0 Å². The number of hydrogen-bond acceptors (Lipinski definition) is 3. The van der Waals surface area contributed by atoms with E-state index in [2.05, 4.69) is 9.84 Å². The van der Waals surface area contributed by atoms with Gasteiger partial charge in [-0.1, -0.05) is 0 Å². The van der Waals surface area contributed by atoms with Gasteiger partial charge in [-0.25, -0.2) is 0 Å². The van der Waals surface area contributed by atoms with Gasteiger partial charge in [0, 0.05) is 26.3 Å². The van der Waals surface area contributed by atoms with E-state index in [1.54, 1.807) is 24.1 Å². The molecular formula is C10H15F3N2O2. The smallest absolute Gasteiger partial charge is 0.393 e. The minimum Gasteiger partial charge on any atom is -0.393 e. The first-order valence-corrected chi connectivity index (χ1v) is 5.17. The summed E-state index contributed by atoms with van der Waals surface area (Å²) >= 11 is 0. The molecule has 98 valence electrons. The van der Waals surface area contributed by atoms with Crippen molar-refractivity contribution < 1.29 is 23.0 Å². The van der Waals surface area contributed by atoms with Crippen LogP contribution in [0.15, 0.2) is 12.4 Å². The molecule has 1 aromatic rings. The molecule has 1 heterocycles. The third-order valence-electron chi connectivity index (χ3n) is 2.09. The van der Waals surface area contributed by atoms with Crippen molar-refractivity contribution in [3.63, 3.8) is 0 Å². The van der Waals surface area contributed by atoms with Crippen LogP contribution in [0.25, 0.3) is 0 Å². The monoisotopic (exact) mass is 252 g/mol. The first-order valence-electron chi connectivity index (χ1n) is 5.17. The highest BCUT2D eigenvalue weighted by Crippen LogP contribution is 2.14. The fourth-order valence-corrected chi connectivity index (χ4v) is 1.36. The molecule has 0 aliphatic heterocycles. The van der Waals surface area contributed by atoms with Crippen molar-refractivity contribution in [2.24, 2.45) is 7.05 Å². The van der Waals surface area contributed by atoms with Gasteiger partial charge < -0.3 is 9.84 Å². The molecule has 4 nitrogen and oxygen atoms in total. The molecule has 0 saturated heterocycles. The second-order valence-electron chi connectivity index (χ2n) is 3.84. The first-order chi connectivity index (χ1) is 7.87. The fraction of sp³-hybridized carbons (Fsp3) is 0.700. The maximum absolute atomic E-state index is 11.7. The van der Waals surface area contributed by atoms with Crippen LogP contribution in [-0.4, -0.2) is 40.4 Å². The Labute approximate surface area is 97.0 Å². The van der Waals surface area contributed by atoms with E-state index < -0.39 is 18.9 Å². The summed E-state index contributed by atoms with van der Waals surface area (Å²) in [5.74, 6) is 0. The maximum atomic E-state index is 11.7. The topological polar surface area (TPSA) is 47.3 Å². The van der Waals surface area contributed by atoms with Crippen LogP contribution in [0.3, 0.4) is 0 Å². The molecule has 0 saturated carbocycles. The third kappa shape index (κ3) is 6.28. The Morgan fingerprint density at radius 1 is 1.53 bits per heavy atom. The summed E-state index contributed by atoms with van der Waals surface area (Å²) in [5, 5.41) is 13.5. The maximum Gasteiger partial charge on any atom is 0.411 e. The Hall–Kier alpha value is -1.08. The van der Waals surface area contributed by atoms with E-state index in [0.29, 0.717) is 6.42 Å². The SMILES string of the molecule is Cn1cc(CC(O)CCOCC(F)(F)F)cn1. The number of halogens is 3. The molecule has 0 spiro atoms. The predicted octanol–water partition coefficient (Wildman–Crippen LogP) is 1.29. The number of ether oxygens (including phenoxy) is 1. The number of rotatable bonds is 6. The lowest BCUT2D eigenvalue weighted by atomic mass is 10.1. The second-order valence-corrected chi connectivity index (χ2v) is 3.84. The van der Waals surface area contributed by atoms with Crippen LogP contribution >= 0.6 is 0 Å². The summed E-state index contributed by atoms with van der Waals surface area (Å²) in [6, 6.07) is 0. The van der Waals surface area contributed by atoms with Crippen LogP contribution in [0.1, 0.15) is 12.0 Å². The molecule has 0 fully saturated rings. The molecule has 1 rings (SSSR count). The molecule has 1 unspecified atom stereocenters. The highest BCUT2D eigenvalue weighted by Gasteiger charge is 2.27. The zero-order valence-electron chi connectivity index (χ0n) is 9.44. The van der Waals surface area contributed by atoms with E-state index in [-0.39, 0.29) is 13.0 Å². The minimum absolute atomic E-state index is 0.110. The summed E-state index contributed by atoms with van der Waals surface area (Å²) in [5.41, 5.74) is 0.843. The number of aliphatic hydroxyl groups is 1. The number of aromatic nitrogens is 2. The summed E-state index contributed by atoms with van der Waals surface area (Å²) in [6.07, 6.45) is -1.13. The lowest BCUT2D eigenvalue weighted by Crippen LogP contribution is -2.20. The minimum atomic E-state index is -4.31. The van der Waals surface area contributed by atoms with Crippen molar-refractivity contribution in [1.29, 1.82) is 0 Å². The predicted molar refractivity (Wildman–Crippen MR) is 54.4 cm³/mol. The molecule has 0 bridgehead atoms. The molecule has 0 amide bonds. The molecule has 7 heteroatoms. The summed E-state index contributed by atoms with van der Waals surface area (Å²) in [6.45, 7) is -1.38. The van der Waals surface area contributed by atoms with E-state index in [1.807, 2.05) is 0 Å². The van der Waals surface area contributed by atoms with Crippen LogP contribution in [0, 0.1) is 0 Å². The van der Waals surface area contributed by atoms with Crippen molar-refractivity contribution in [3.8, 4) is 0 Å². The van der Waals surface area contributed by atoms with Crippen molar-refractivity contribution in [3.05, 3.63) is 18.0 Å². The Kier molecular flexibility index (Phi) is 4.95. The summed E-state index contributed by atoms with van der Waals surface area (Å²) in [4.78, 5) is 0. The van der Waals surface area contributed by atoms with Gasteiger partial charge in [0.25, 0.3) is 0 Å². The standard InChI is InChI=1S/C10H15F3N2O2/c1-15-6-8(5-14-15)4-9(16)2-3-17-7-10(11,12)13/h5-6,9,16H,2-4,7H2,1H3. The number of aryl methyl sites for hydroxylation is 1. The fourth-order valence-electron chi connectivity index (χ4n) is 1.36. The number of nitrogens with zero attached hydrogens (tertiary/aromatic N) is 2. The lowest BCUT2D eigenvalue weighted by molar-refractivity contribution is -0.175. The van der Waals surface area contributed by atoms with Gasteiger partial charge >= 0.3 is 6.18 Å². The Morgan fingerprint density at radius 2 is 2.24 bits per heavy atom. The normalized spacial score (nSPS) is 13.9. The van der Waals surface area contributed by atoms with E-state index in [4.69, 9.17) is 0 Å². The molecule has 0 aliphatic carbocycles. The molecule has 0 radical (unpaired) electrons. The average Bonchev–Trinajstić information content (AvgIpc) is 2.57. The third-order valence-corrected chi connectivity index (χ3v) is 2.09. The Balaban J connectivity index is 2.15. The van der Waals surface area contributed by atoms with E-state index in [1.165, 1.54) is 0 Å². The molecular weight excluding hydrogens is 237 g/mol. The van der Waals surface area contributed by atoms with Gasteiger partial charge in [-0.2, -0.15) is 18.3 Å². The zero-order chi connectivity index (χ0) is 12.9. The van der Waals surface area contributed by atoms with Gasteiger partial charge in [-0.15, -0.1) is 0 Å². The van der Waals surface area contributed by atoms with Crippen molar-refractivity contribution in [2.75, 3.05) is 13.2 Å². The molecule has 1 aromatic heterocycles. The van der Waals surface area contributed by atoms with Crippen LogP contribution in [-0.2, 0) is 18.2 Å². The largest absolute Gasteiger partial charge is 0.411 e. The Morgan fingerprint density at radius 3 is 2.76 bits per heavy atom. The molecule has 0 aromatic carbocycles. The number of aliphatic hydroxyl groups excluding tert-OH is 1. The average molecular weight is 252 g/mol. The van der Waals surface area contributed by atoms with E-state index in [9.17, 15) is 18.3 Å². The zero-order valence-corrected chi connectivity index (χ0v) is 9.44. The lowest BCUT2D eigenvalue weighted by Gasteiger charge is -2.11. The Bertz CT molecular complexity index is 339. The molecule has 1 N–H and O–H groups in total. The van der Waals surface area contributed by atoms with Crippen LogP contribution in [0.2, 0.25) is 0 Å². The van der Waals surface area contributed by atoms with Crippen molar-refractivity contribution in [1.82, 2.24) is 9.78 Å². The van der Waals surface area contributed by atoms with Gasteiger partial charge in [0.1, 0.15) is 6.61 Å². The molecule has 17 heavy (non-hydrogen) atoms. The quantitative estimate of drug-likeness (QED) is 0.776. The van der Waals surface area contributed by atoms with Crippen molar-refractivity contribution >= 4 is 0 Å². The van der Waals surface area contributed by atoms with Gasteiger partial charge in [0.15, 0.2) is 0 Å². The van der Waals surface area contributed by atoms with Crippen LogP contribution in [0.4, 0.5) is 13.2 Å².